The number of pyridine rings is 2. The van der Waals surface area contributed by atoms with E-state index in [0.29, 0.717) is 0 Å². The Labute approximate surface area is 233 Å². The van der Waals surface area contributed by atoms with Gasteiger partial charge in [0.25, 0.3) is 0 Å². The van der Waals surface area contributed by atoms with E-state index in [4.69, 9.17) is 9.97 Å². The first-order chi connectivity index (χ1) is 19.9. The van der Waals surface area contributed by atoms with Crippen LogP contribution in [0.4, 0.5) is 34.1 Å². The summed E-state index contributed by atoms with van der Waals surface area (Å²) in [5.41, 5.74) is 8.04. The number of para-hydroxylation sites is 4. The van der Waals surface area contributed by atoms with Gasteiger partial charge in [-0.3, -0.25) is 9.97 Å². The van der Waals surface area contributed by atoms with Gasteiger partial charge in [0.05, 0.1) is 22.4 Å². The molecule has 190 valence electrons. The standard InChI is InChI=1S/C36H26N4/c1-5-15-27(16-6-1)39(28-17-7-2-8-18-28)35-31-23-13-26-38-34(31)36(32-24-14-25-37-33(32)35)40(29-19-9-3-10-20-29)30-21-11-4-12-22-30/h1-26H. The van der Waals surface area contributed by atoms with E-state index in [1.54, 1.807) is 0 Å². The van der Waals surface area contributed by atoms with Gasteiger partial charge in [0.15, 0.2) is 0 Å². The van der Waals surface area contributed by atoms with Crippen LogP contribution in [0, 0.1) is 0 Å². The maximum atomic E-state index is 5.04. The SMILES string of the molecule is c1ccc(N(c2ccccc2)c2c3cccnc3c(N(c3ccccc3)c3ccccc3)c3cccnc23)cc1. The van der Waals surface area contributed by atoms with Crippen LogP contribution < -0.4 is 9.80 Å². The molecule has 2 heterocycles. The summed E-state index contributed by atoms with van der Waals surface area (Å²) in [7, 11) is 0. The Balaban J connectivity index is 1.62. The third kappa shape index (κ3) is 4.12. The second-order valence-electron chi connectivity index (χ2n) is 9.51. The van der Waals surface area contributed by atoms with E-state index in [9.17, 15) is 0 Å². The van der Waals surface area contributed by atoms with Gasteiger partial charge in [0, 0.05) is 45.9 Å². The highest BCUT2D eigenvalue weighted by molar-refractivity contribution is 6.20. The molecule has 0 N–H and O–H groups in total. The molecule has 0 saturated heterocycles. The molecule has 0 radical (unpaired) electrons. The lowest BCUT2D eigenvalue weighted by molar-refractivity contribution is 1.26. The number of nitrogens with zero attached hydrogens (tertiary/aromatic N) is 4. The lowest BCUT2D eigenvalue weighted by Crippen LogP contribution is -2.15. The minimum Gasteiger partial charge on any atom is -0.308 e. The smallest absolute Gasteiger partial charge is 0.0971 e. The molecule has 0 bridgehead atoms. The lowest BCUT2D eigenvalue weighted by atomic mass is 10.0. The molecule has 7 rings (SSSR count). The van der Waals surface area contributed by atoms with Crippen molar-refractivity contribution >= 4 is 55.9 Å². The zero-order valence-electron chi connectivity index (χ0n) is 21.8. The average Bonchev–Trinajstić information content (AvgIpc) is 3.04. The van der Waals surface area contributed by atoms with Crippen molar-refractivity contribution in [3.63, 3.8) is 0 Å². The molecule has 0 fully saturated rings. The summed E-state index contributed by atoms with van der Waals surface area (Å²) < 4.78 is 0. The minimum absolute atomic E-state index is 0.905. The molecule has 0 saturated carbocycles. The first-order valence-electron chi connectivity index (χ1n) is 13.4. The van der Waals surface area contributed by atoms with Crippen LogP contribution in [0.5, 0.6) is 0 Å². The maximum Gasteiger partial charge on any atom is 0.0971 e. The Bertz CT molecular complexity index is 1610. The van der Waals surface area contributed by atoms with Gasteiger partial charge in [-0.1, -0.05) is 72.8 Å². The molecule has 5 aromatic carbocycles. The number of hydrogen-bond donors (Lipinski definition) is 0. The van der Waals surface area contributed by atoms with Gasteiger partial charge in [-0.2, -0.15) is 0 Å². The summed E-state index contributed by atoms with van der Waals surface area (Å²) in [5, 5.41) is 2.04. The van der Waals surface area contributed by atoms with Crippen molar-refractivity contribution in [2.45, 2.75) is 0 Å². The van der Waals surface area contributed by atoms with Crippen LogP contribution in [0.25, 0.3) is 21.8 Å². The van der Waals surface area contributed by atoms with E-state index < -0.39 is 0 Å². The van der Waals surface area contributed by atoms with E-state index in [0.717, 1.165) is 55.9 Å². The monoisotopic (exact) mass is 514 g/mol. The normalized spacial score (nSPS) is 11.0. The highest BCUT2D eigenvalue weighted by Gasteiger charge is 2.26. The largest absolute Gasteiger partial charge is 0.308 e. The molecule has 0 aliphatic rings. The molecule has 0 aliphatic carbocycles. The van der Waals surface area contributed by atoms with E-state index in [2.05, 4.69) is 119 Å². The topological polar surface area (TPSA) is 32.3 Å². The van der Waals surface area contributed by atoms with Crippen molar-refractivity contribution in [1.29, 1.82) is 0 Å². The van der Waals surface area contributed by atoms with Crippen molar-refractivity contribution in [2.75, 3.05) is 9.80 Å². The van der Waals surface area contributed by atoms with Gasteiger partial charge in [-0.05, 0) is 72.8 Å². The van der Waals surface area contributed by atoms with Gasteiger partial charge < -0.3 is 9.80 Å². The predicted molar refractivity (Wildman–Crippen MR) is 166 cm³/mol. The predicted octanol–water partition coefficient (Wildman–Crippen LogP) is 9.72. The first-order valence-corrected chi connectivity index (χ1v) is 13.4. The first kappa shape index (κ1) is 23.6. The second kappa shape index (κ2) is 10.4. The summed E-state index contributed by atoms with van der Waals surface area (Å²) in [6.45, 7) is 0. The van der Waals surface area contributed by atoms with Crippen LogP contribution in [0.2, 0.25) is 0 Å². The number of anilines is 6. The highest BCUT2D eigenvalue weighted by atomic mass is 15.2. The molecule has 7 aromatic rings. The van der Waals surface area contributed by atoms with Crippen molar-refractivity contribution in [3.8, 4) is 0 Å². The number of rotatable bonds is 6. The van der Waals surface area contributed by atoms with Gasteiger partial charge in [-0.25, -0.2) is 0 Å². The number of fused-ring (bicyclic) bond motifs is 2. The Morgan fingerprint density at radius 2 is 0.625 bits per heavy atom. The molecule has 0 aliphatic heterocycles. The molecular weight excluding hydrogens is 488 g/mol. The maximum absolute atomic E-state index is 5.04. The van der Waals surface area contributed by atoms with E-state index >= 15 is 0 Å². The minimum atomic E-state index is 0.905. The van der Waals surface area contributed by atoms with Crippen molar-refractivity contribution in [1.82, 2.24) is 9.97 Å². The molecule has 40 heavy (non-hydrogen) atoms. The molecule has 2 aromatic heterocycles. The third-order valence-electron chi connectivity index (χ3n) is 7.08. The third-order valence-corrected chi connectivity index (χ3v) is 7.08. The van der Waals surface area contributed by atoms with Crippen LogP contribution in [0.1, 0.15) is 0 Å². The molecular formula is C36H26N4. The summed E-state index contributed by atoms with van der Waals surface area (Å²) in [6, 6.07) is 50.2. The molecule has 0 atom stereocenters. The van der Waals surface area contributed by atoms with Crippen LogP contribution in [0.15, 0.2) is 158 Å². The number of benzene rings is 5. The zero-order valence-corrected chi connectivity index (χ0v) is 21.8. The van der Waals surface area contributed by atoms with Gasteiger partial charge in [-0.15, -0.1) is 0 Å². The summed E-state index contributed by atoms with van der Waals surface area (Å²) in [5.74, 6) is 0. The summed E-state index contributed by atoms with van der Waals surface area (Å²) in [4.78, 5) is 14.7. The fourth-order valence-corrected chi connectivity index (χ4v) is 5.40. The van der Waals surface area contributed by atoms with Crippen molar-refractivity contribution < 1.29 is 0 Å². The second-order valence-corrected chi connectivity index (χ2v) is 9.51. The van der Waals surface area contributed by atoms with Crippen LogP contribution >= 0.6 is 0 Å². The molecule has 0 amide bonds. The zero-order chi connectivity index (χ0) is 26.7. The summed E-state index contributed by atoms with van der Waals surface area (Å²) in [6.07, 6.45) is 3.75. The van der Waals surface area contributed by atoms with Gasteiger partial charge >= 0.3 is 0 Å². The molecule has 4 nitrogen and oxygen atoms in total. The van der Waals surface area contributed by atoms with Crippen LogP contribution in [-0.2, 0) is 0 Å². The highest BCUT2D eigenvalue weighted by Crippen LogP contribution is 2.49. The Morgan fingerprint density at radius 3 is 0.925 bits per heavy atom. The van der Waals surface area contributed by atoms with Gasteiger partial charge in [0.2, 0.25) is 0 Å². The van der Waals surface area contributed by atoms with Crippen molar-refractivity contribution in [3.05, 3.63) is 158 Å². The Kier molecular flexibility index (Phi) is 6.11. The Morgan fingerprint density at radius 1 is 0.325 bits per heavy atom. The van der Waals surface area contributed by atoms with Crippen molar-refractivity contribution in [2.24, 2.45) is 0 Å². The molecule has 0 unspecified atom stereocenters. The molecule has 4 heteroatoms. The average molecular weight is 515 g/mol. The van der Waals surface area contributed by atoms with Crippen LogP contribution in [0.3, 0.4) is 0 Å². The fourth-order valence-electron chi connectivity index (χ4n) is 5.40. The summed E-state index contributed by atoms with van der Waals surface area (Å²) >= 11 is 0. The fraction of sp³-hybridized carbons (Fsp3) is 0. The van der Waals surface area contributed by atoms with E-state index in [1.807, 2.05) is 48.8 Å². The van der Waals surface area contributed by atoms with E-state index in [1.165, 1.54) is 0 Å². The van der Waals surface area contributed by atoms with Crippen LogP contribution in [-0.4, -0.2) is 9.97 Å². The van der Waals surface area contributed by atoms with Gasteiger partial charge in [0.1, 0.15) is 0 Å². The number of aromatic nitrogens is 2. The number of hydrogen-bond acceptors (Lipinski definition) is 4. The molecule has 0 spiro atoms. The Hall–Kier alpha value is -5.48. The lowest BCUT2D eigenvalue weighted by Gasteiger charge is -2.31. The quantitative estimate of drug-likeness (QED) is 0.163. The van der Waals surface area contributed by atoms with E-state index in [-0.39, 0.29) is 0 Å².